The summed E-state index contributed by atoms with van der Waals surface area (Å²) in [4.78, 5) is 2.51. The van der Waals surface area contributed by atoms with Gasteiger partial charge in [-0.05, 0) is 57.0 Å². The number of hydrogen-bond donors (Lipinski definition) is 1. The van der Waals surface area contributed by atoms with Gasteiger partial charge in [0.2, 0.25) is 0 Å². The molecule has 3 nitrogen and oxygen atoms in total. The van der Waals surface area contributed by atoms with E-state index < -0.39 is 0 Å². The lowest BCUT2D eigenvalue weighted by Crippen LogP contribution is -2.44. The van der Waals surface area contributed by atoms with Crippen molar-refractivity contribution in [3.63, 3.8) is 0 Å². The minimum atomic E-state index is 0.415. The molecule has 1 aliphatic rings. The Bertz CT molecular complexity index is 404. The molecule has 0 saturated heterocycles. The van der Waals surface area contributed by atoms with Crippen LogP contribution in [0.2, 0.25) is 0 Å². The molecule has 0 radical (unpaired) electrons. The molecular formula is C17H28N2O. The molecule has 1 saturated carbocycles. The number of benzene rings is 1. The van der Waals surface area contributed by atoms with E-state index in [0.717, 1.165) is 12.3 Å². The van der Waals surface area contributed by atoms with Gasteiger partial charge in [0.25, 0.3) is 0 Å². The number of nitrogens with zero attached hydrogens (tertiary/aromatic N) is 1. The maximum atomic E-state index is 5.96. The van der Waals surface area contributed by atoms with Crippen molar-refractivity contribution in [1.82, 2.24) is 4.90 Å². The molecule has 3 heteroatoms. The molecule has 2 N–H and O–H groups in total. The first-order valence-electron chi connectivity index (χ1n) is 7.73. The van der Waals surface area contributed by atoms with Gasteiger partial charge in [-0.1, -0.05) is 25.0 Å². The first kappa shape index (κ1) is 15.3. The average molecular weight is 276 g/mol. The Morgan fingerprint density at radius 3 is 2.50 bits per heavy atom. The number of ether oxygens (including phenoxy) is 1. The quantitative estimate of drug-likeness (QED) is 0.897. The van der Waals surface area contributed by atoms with Crippen molar-refractivity contribution in [3.05, 3.63) is 29.8 Å². The third kappa shape index (κ3) is 3.33. The Morgan fingerprint density at radius 2 is 1.90 bits per heavy atom. The number of methoxy groups -OCH3 is 1. The first-order chi connectivity index (χ1) is 9.67. The molecule has 3 unspecified atom stereocenters. The van der Waals surface area contributed by atoms with Crippen LogP contribution in [-0.2, 0) is 0 Å². The highest BCUT2D eigenvalue weighted by Crippen LogP contribution is 2.32. The Hall–Kier alpha value is -1.06. The molecule has 112 valence electrons. The third-order valence-corrected chi connectivity index (χ3v) is 4.90. The van der Waals surface area contributed by atoms with E-state index in [4.69, 9.17) is 10.5 Å². The standard InChI is InChI=1S/C17H28N2O/c1-13(14-8-10-16(20-3)11-9-14)19(2)17-7-5-4-6-15(17)12-18/h8-11,13,15,17H,4-7,12,18H2,1-3H3. The Labute approximate surface area is 123 Å². The zero-order chi connectivity index (χ0) is 14.5. The van der Waals surface area contributed by atoms with E-state index in [1.54, 1.807) is 7.11 Å². The summed E-state index contributed by atoms with van der Waals surface area (Å²) in [6, 6.07) is 9.45. The first-order valence-corrected chi connectivity index (χ1v) is 7.73. The number of rotatable bonds is 5. The lowest BCUT2D eigenvalue weighted by atomic mass is 9.83. The smallest absolute Gasteiger partial charge is 0.118 e. The summed E-state index contributed by atoms with van der Waals surface area (Å²) in [5.74, 6) is 1.57. The van der Waals surface area contributed by atoms with Crippen LogP contribution in [0.4, 0.5) is 0 Å². The predicted octanol–water partition coefficient (Wildman–Crippen LogP) is 3.21. The molecule has 0 amide bonds. The molecule has 1 fully saturated rings. The molecule has 3 atom stereocenters. The third-order valence-electron chi connectivity index (χ3n) is 4.90. The van der Waals surface area contributed by atoms with Crippen molar-refractivity contribution in [3.8, 4) is 5.75 Å². The molecule has 1 aliphatic carbocycles. The van der Waals surface area contributed by atoms with Gasteiger partial charge in [0.05, 0.1) is 7.11 Å². The largest absolute Gasteiger partial charge is 0.497 e. The van der Waals surface area contributed by atoms with E-state index in [0.29, 0.717) is 18.0 Å². The van der Waals surface area contributed by atoms with E-state index in [1.807, 2.05) is 12.1 Å². The van der Waals surface area contributed by atoms with Gasteiger partial charge in [-0.25, -0.2) is 0 Å². The maximum absolute atomic E-state index is 5.96. The van der Waals surface area contributed by atoms with Crippen molar-refractivity contribution in [1.29, 1.82) is 0 Å². The zero-order valence-corrected chi connectivity index (χ0v) is 13.0. The normalized spacial score (nSPS) is 24.6. The molecule has 0 bridgehead atoms. The van der Waals surface area contributed by atoms with Gasteiger partial charge in [-0.15, -0.1) is 0 Å². The Balaban J connectivity index is 2.07. The van der Waals surface area contributed by atoms with Crippen LogP contribution in [-0.4, -0.2) is 31.6 Å². The second-order valence-electron chi connectivity index (χ2n) is 5.96. The van der Waals surface area contributed by atoms with E-state index in [1.165, 1.54) is 31.2 Å². The van der Waals surface area contributed by atoms with Crippen LogP contribution in [0.3, 0.4) is 0 Å². The van der Waals surface area contributed by atoms with Gasteiger partial charge in [-0.3, -0.25) is 4.90 Å². The van der Waals surface area contributed by atoms with Crippen molar-refractivity contribution in [2.24, 2.45) is 11.7 Å². The number of hydrogen-bond acceptors (Lipinski definition) is 3. The van der Waals surface area contributed by atoms with Gasteiger partial charge in [0.1, 0.15) is 5.75 Å². The van der Waals surface area contributed by atoms with Crippen LogP contribution in [0.15, 0.2) is 24.3 Å². The van der Waals surface area contributed by atoms with Gasteiger partial charge < -0.3 is 10.5 Å². The molecule has 0 heterocycles. The van der Waals surface area contributed by atoms with Crippen LogP contribution in [0, 0.1) is 5.92 Å². The molecule has 20 heavy (non-hydrogen) atoms. The van der Waals surface area contributed by atoms with E-state index in [9.17, 15) is 0 Å². The summed E-state index contributed by atoms with van der Waals surface area (Å²) < 4.78 is 5.23. The summed E-state index contributed by atoms with van der Waals surface area (Å²) in [7, 11) is 3.95. The van der Waals surface area contributed by atoms with Crippen molar-refractivity contribution in [2.75, 3.05) is 20.7 Å². The molecular weight excluding hydrogens is 248 g/mol. The van der Waals surface area contributed by atoms with Crippen LogP contribution in [0.1, 0.15) is 44.2 Å². The summed E-state index contributed by atoms with van der Waals surface area (Å²) in [6.07, 6.45) is 5.23. The summed E-state index contributed by atoms with van der Waals surface area (Å²) in [5, 5.41) is 0. The summed E-state index contributed by atoms with van der Waals surface area (Å²) in [5.41, 5.74) is 7.31. The average Bonchev–Trinajstić information content (AvgIpc) is 2.53. The SMILES string of the molecule is COc1ccc(C(C)N(C)C2CCCCC2CN)cc1. The monoisotopic (exact) mass is 276 g/mol. The van der Waals surface area contributed by atoms with Gasteiger partial charge in [0, 0.05) is 12.1 Å². The fraction of sp³-hybridized carbons (Fsp3) is 0.647. The fourth-order valence-corrected chi connectivity index (χ4v) is 3.40. The molecule has 0 aliphatic heterocycles. The maximum Gasteiger partial charge on any atom is 0.118 e. The van der Waals surface area contributed by atoms with E-state index in [2.05, 4.69) is 31.0 Å². The second-order valence-corrected chi connectivity index (χ2v) is 5.96. The molecule has 2 rings (SSSR count). The number of nitrogens with two attached hydrogens (primary N) is 1. The molecule has 1 aromatic rings. The predicted molar refractivity (Wildman–Crippen MR) is 84.0 cm³/mol. The van der Waals surface area contributed by atoms with Crippen molar-refractivity contribution >= 4 is 0 Å². The zero-order valence-electron chi connectivity index (χ0n) is 13.0. The van der Waals surface area contributed by atoms with Crippen LogP contribution < -0.4 is 10.5 Å². The molecule has 1 aromatic carbocycles. The lowest BCUT2D eigenvalue weighted by Gasteiger charge is -2.40. The minimum absolute atomic E-state index is 0.415. The summed E-state index contributed by atoms with van der Waals surface area (Å²) in [6.45, 7) is 3.09. The van der Waals surface area contributed by atoms with Crippen LogP contribution in [0.5, 0.6) is 5.75 Å². The Kier molecular flexibility index (Phi) is 5.44. The lowest BCUT2D eigenvalue weighted by molar-refractivity contribution is 0.0989. The minimum Gasteiger partial charge on any atom is -0.497 e. The fourth-order valence-electron chi connectivity index (χ4n) is 3.40. The van der Waals surface area contributed by atoms with Crippen molar-refractivity contribution < 1.29 is 4.74 Å². The molecule has 0 aromatic heterocycles. The molecule has 0 spiro atoms. The van der Waals surface area contributed by atoms with Gasteiger partial charge >= 0.3 is 0 Å². The summed E-state index contributed by atoms with van der Waals surface area (Å²) >= 11 is 0. The Morgan fingerprint density at radius 1 is 1.25 bits per heavy atom. The highest BCUT2D eigenvalue weighted by molar-refractivity contribution is 5.29. The van der Waals surface area contributed by atoms with Crippen molar-refractivity contribution in [2.45, 2.75) is 44.7 Å². The topological polar surface area (TPSA) is 38.5 Å². The highest BCUT2D eigenvalue weighted by atomic mass is 16.5. The van der Waals surface area contributed by atoms with Gasteiger partial charge in [0.15, 0.2) is 0 Å². The highest BCUT2D eigenvalue weighted by Gasteiger charge is 2.29. The van der Waals surface area contributed by atoms with Gasteiger partial charge in [-0.2, -0.15) is 0 Å². The van der Waals surface area contributed by atoms with E-state index in [-0.39, 0.29) is 0 Å². The van der Waals surface area contributed by atoms with Crippen LogP contribution >= 0.6 is 0 Å². The van der Waals surface area contributed by atoms with Crippen LogP contribution in [0.25, 0.3) is 0 Å². The second kappa shape index (κ2) is 7.09. The van der Waals surface area contributed by atoms with E-state index >= 15 is 0 Å².